The molecule has 3 amide bonds. The fourth-order valence-corrected chi connectivity index (χ4v) is 5.59. The first-order valence-corrected chi connectivity index (χ1v) is 12.9. The van der Waals surface area contributed by atoms with Crippen molar-refractivity contribution in [2.75, 3.05) is 10.6 Å². The summed E-state index contributed by atoms with van der Waals surface area (Å²) in [6.45, 7) is 1.78. The molecule has 5 N–H and O–H groups in total. The van der Waals surface area contributed by atoms with E-state index < -0.39 is 17.9 Å². The van der Waals surface area contributed by atoms with Crippen LogP contribution in [0.3, 0.4) is 0 Å². The minimum atomic E-state index is -1.13. The van der Waals surface area contributed by atoms with E-state index in [1.54, 1.807) is 25.1 Å². The number of amides is 3. The Kier molecular flexibility index (Phi) is 6.66. The van der Waals surface area contributed by atoms with E-state index in [1.807, 2.05) is 36.4 Å². The average Bonchev–Trinajstić information content (AvgIpc) is 3.63. The summed E-state index contributed by atoms with van der Waals surface area (Å²) in [5.41, 5.74) is 11.8. The van der Waals surface area contributed by atoms with Gasteiger partial charge in [0.15, 0.2) is 11.7 Å². The highest BCUT2D eigenvalue weighted by atomic mass is 32.1. The van der Waals surface area contributed by atoms with E-state index in [9.17, 15) is 14.4 Å². The molecule has 4 aromatic rings. The number of hydrogen-bond acceptors (Lipinski definition) is 7. The molecule has 0 saturated heterocycles. The summed E-state index contributed by atoms with van der Waals surface area (Å²) < 4.78 is 9.94. The van der Waals surface area contributed by atoms with Crippen molar-refractivity contribution >= 4 is 51.4 Å². The smallest absolute Gasteiger partial charge is 0.273 e. The molecular formula is C27H27N5O4S. The second kappa shape index (κ2) is 10.1. The molecule has 2 aromatic heterocycles. The fourth-order valence-electron chi connectivity index (χ4n) is 4.85. The van der Waals surface area contributed by atoms with Crippen LogP contribution in [0.1, 0.15) is 63.4 Å². The zero-order valence-corrected chi connectivity index (χ0v) is 21.1. The van der Waals surface area contributed by atoms with Crippen LogP contribution in [-0.2, 0) is 4.79 Å². The number of rotatable bonds is 7. The molecule has 190 valence electrons. The first-order valence-electron chi connectivity index (χ1n) is 12.1. The molecule has 9 nitrogen and oxygen atoms in total. The zero-order valence-electron chi connectivity index (χ0n) is 20.3. The van der Waals surface area contributed by atoms with Gasteiger partial charge in [-0.05, 0) is 54.9 Å². The van der Waals surface area contributed by atoms with Gasteiger partial charge in [0, 0.05) is 11.4 Å². The van der Waals surface area contributed by atoms with Gasteiger partial charge in [0.05, 0.1) is 11.4 Å². The van der Waals surface area contributed by atoms with Gasteiger partial charge in [-0.3, -0.25) is 19.3 Å². The molecule has 2 aromatic carbocycles. The molecule has 37 heavy (non-hydrogen) atoms. The minimum Gasteiger partial charge on any atom is -0.464 e. The second-order valence-corrected chi connectivity index (χ2v) is 9.93. The standard InChI is InChI=1S/C27H27N5O4S/c1-15-13-14-20(36-15)23(26(34)30-17-9-3-4-10-17)32(19-12-6-8-16-7-2-5-11-18(16)19)27(35)24-21(28)22(25(29)33)31-37-24/h2,5-8,11-14,17,23H,3-4,9-10,28H2,1H3,(H2,29,33)(H,30,34)/t23-/m1/s1. The number of carbonyl (C=O) groups excluding carboxylic acids is 3. The molecular weight excluding hydrogens is 490 g/mol. The highest BCUT2D eigenvalue weighted by Crippen LogP contribution is 2.37. The number of nitrogens with two attached hydrogens (primary N) is 2. The van der Waals surface area contributed by atoms with Crippen molar-refractivity contribution in [1.29, 1.82) is 0 Å². The van der Waals surface area contributed by atoms with Crippen LogP contribution in [0, 0.1) is 6.92 Å². The number of nitrogen functional groups attached to an aromatic ring is 1. The third-order valence-corrected chi connectivity index (χ3v) is 7.49. The number of furan rings is 1. The first-order chi connectivity index (χ1) is 17.8. The molecule has 1 saturated carbocycles. The van der Waals surface area contributed by atoms with Gasteiger partial charge in [0.1, 0.15) is 16.4 Å². The van der Waals surface area contributed by atoms with E-state index in [-0.39, 0.29) is 28.2 Å². The Bertz CT molecular complexity index is 1480. The number of primary amides is 1. The number of carbonyl (C=O) groups is 3. The molecule has 0 spiro atoms. The zero-order chi connectivity index (χ0) is 26.1. The van der Waals surface area contributed by atoms with Crippen LogP contribution in [0.4, 0.5) is 11.4 Å². The number of benzene rings is 2. The number of aryl methyl sites for hydroxylation is 1. The highest BCUT2D eigenvalue weighted by molar-refractivity contribution is 7.09. The molecule has 1 aliphatic carbocycles. The average molecular weight is 518 g/mol. The van der Waals surface area contributed by atoms with Crippen LogP contribution < -0.4 is 21.7 Å². The van der Waals surface area contributed by atoms with E-state index in [4.69, 9.17) is 15.9 Å². The lowest BCUT2D eigenvalue weighted by Gasteiger charge is -2.31. The Hall–Kier alpha value is -4.18. The predicted octanol–water partition coefficient (Wildman–Crippen LogP) is 4.33. The van der Waals surface area contributed by atoms with E-state index in [2.05, 4.69) is 9.69 Å². The number of fused-ring (bicyclic) bond motifs is 1. The van der Waals surface area contributed by atoms with Gasteiger partial charge >= 0.3 is 0 Å². The summed E-state index contributed by atoms with van der Waals surface area (Å²) in [4.78, 5) is 41.4. The highest BCUT2D eigenvalue weighted by Gasteiger charge is 2.39. The monoisotopic (exact) mass is 517 g/mol. The Morgan fingerprint density at radius 2 is 1.81 bits per heavy atom. The van der Waals surface area contributed by atoms with E-state index in [0.29, 0.717) is 17.2 Å². The van der Waals surface area contributed by atoms with Gasteiger partial charge in [-0.2, -0.15) is 4.37 Å². The van der Waals surface area contributed by atoms with E-state index in [1.165, 1.54) is 4.90 Å². The topological polar surface area (TPSA) is 145 Å². The lowest BCUT2D eigenvalue weighted by molar-refractivity contribution is -0.123. The Morgan fingerprint density at radius 3 is 2.49 bits per heavy atom. The number of nitrogens with one attached hydrogen (secondary N) is 1. The first kappa shape index (κ1) is 24.5. The summed E-state index contributed by atoms with van der Waals surface area (Å²) >= 11 is 0.774. The molecule has 0 aliphatic heterocycles. The summed E-state index contributed by atoms with van der Waals surface area (Å²) in [6, 6.07) is 15.4. The number of aromatic nitrogens is 1. The fraction of sp³-hybridized carbons (Fsp3) is 0.259. The Morgan fingerprint density at radius 1 is 1.08 bits per heavy atom. The third kappa shape index (κ3) is 4.67. The number of hydrogen-bond donors (Lipinski definition) is 3. The van der Waals surface area contributed by atoms with Crippen molar-refractivity contribution in [3.8, 4) is 0 Å². The predicted molar refractivity (Wildman–Crippen MR) is 142 cm³/mol. The maximum atomic E-state index is 14.3. The van der Waals surface area contributed by atoms with Gasteiger partial charge in [-0.15, -0.1) is 0 Å². The number of nitrogens with zero attached hydrogens (tertiary/aromatic N) is 2. The summed E-state index contributed by atoms with van der Waals surface area (Å²) in [5, 5.41) is 4.77. The van der Waals surface area contributed by atoms with Crippen LogP contribution in [0.2, 0.25) is 0 Å². The summed E-state index contributed by atoms with van der Waals surface area (Å²) in [6.07, 6.45) is 3.83. The number of anilines is 2. The van der Waals surface area contributed by atoms with Crippen molar-refractivity contribution in [1.82, 2.24) is 9.69 Å². The SMILES string of the molecule is Cc1ccc([C@H](C(=O)NC2CCCC2)N(C(=O)c2snc(C(N)=O)c2N)c2cccc3ccccc23)o1. The van der Waals surface area contributed by atoms with Gasteiger partial charge in [-0.25, -0.2) is 0 Å². The maximum absolute atomic E-state index is 14.3. The van der Waals surface area contributed by atoms with Crippen molar-refractivity contribution in [3.63, 3.8) is 0 Å². The summed E-state index contributed by atoms with van der Waals surface area (Å²) in [7, 11) is 0. The quantitative estimate of drug-likeness (QED) is 0.333. The Balaban J connectivity index is 1.70. The maximum Gasteiger partial charge on any atom is 0.273 e. The lowest BCUT2D eigenvalue weighted by atomic mass is 10.0. The normalized spacial score (nSPS) is 14.5. The molecule has 5 rings (SSSR count). The Labute approximate surface area is 217 Å². The molecule has 10 heteroatoms. The van der Waals surface area contributed by atoms with Crippen molar-refractivity contribution < 1.29 is 18.8 Å². The molecule has 1 fully saturated rings. The van der Waals surface area contributed by atoms with Gasteiger partial charge in [0.2, 0.25) is 0 Å². The minimum absolute atomic E-state index is 0.0173. The van der Waals surface area contributed by atoms with Crippen molar-refractivity contribution in [3.05, 3.63) is 76.7 Å². The second-order valence-electron chi connectivity index (χ2n) is 9.15. The van der Waals surface area contributed by atoms with Gasteiger partial charge < -0.3 is 21.2 Å². The van der Waals surface area contributed by atoms with Crippen LogP contribution in [-0.4, -0.2) is 28.1 Å². The lowest BCUT2D eigenvalue weighted by Crippen LogP contribution is -2.46. The molecule has 0 bridgehead atoms. The third-order valence-electron chi connectivity index (χ3n) is 6.64. The van der Waals surface area contributed by atoms with E-state index >= 15 is 0 Å². The largest absolute Gasteiger partial charge is 0.464 e. The molecule has 1 atom stereocenters. The van der Waals surface area contributed by atoms with Crippen LogP contribution >= 0.6 is 11.5 Å². The van der Waals surface area contributed by atoms with Crippen molar-refractivity contribution in [2.24, 2.45) is 5.73 Å². The molecule has 0 radical (unpaired) electrons. The van der Waals surface area contributed by atoms with Crippen molar-refractivity contribution in [2.45, 2.75) is 44.7 Å². The summed E-state index contributed by atoms with van der Waals surface area (Å²) in [5.74, 6) is -0.860. The van der Waals surface area contributed by atoms with E-state index in [0.717, 1.165) is 48.0 Å². The van der Waals surface area contributed by atoms with Gasteiger partial charge in [0.25, 0.3) is 17.7 Å². The molecule has 1 aliphatic rings. The molecule has 2 heterocycles. The van der Waals surface area contributed by atoms with Crippen LogP contribution in [0.15, 0.2) is 59.0 Å². The van der Waals surface area contributed by atoms with Gasteiger partial charge in [-0.1, -0.05) is 49.2 Å². The van der Waals surface area contributed by atoms with Crippen LogP contribution in [0.25, 0.3) is 10.8 Å². The van der Waals surface area contributed by atoms with Crippen LogP contribution in [0.5, 0.6) is 0 Å². The molecule has 0 unspecified atom stereocenters.